The van der Waals surface area contributed by atoms with Crippen molar-refractivity contribution in [1.82, 2.24) is 15.6 Å². The van der Waals surface area contributed by atoms with Crippen LogP contribution in [0.4, 0.5) is 0 Å². The third kappa shape index (κ3) is 21.7. The van der Waals surface area contributed by atoms with Crippen LogP contribution in [0, 0.1) is 5.41 Å². The molecule has 0 saturated carbocycles. The number of allylic oxidation sites excluding steroid dienone is 11. The van der Waals surface area contributed by atoms with Gasteiger partial charge in [-0.05, 0) is 50.7 Å². The molecule has 1 aromatic rings. The maximum atomic E-state index is 13.2. The number of carboxylic acids is 1. The average Bonchev–Trinajstić information content (AvgIpc) is 3.09. The van der Waals surface area contributed by atoms with E-state index in [0.717, 1.165) is 32.1 Å². The summed E-state index contributed by atoms with van der Waals surface area (Å²) >= 11 is 0. The molecular formula is C39H53N3O8. The second-order valence-electron chi connectivity index (χ2n) is 11.8. The number of nitrogens with zero attached hydrogens (tertiary/aromatic N) is 1. The zero-order valence-corrected chi connectivity index (χ0v) is 29.6. The van der Waals surface area contributed by atoms with Crippen molar-refractivity contribution in [3.63, 3.8) is 0 Å². The first-order valence-corrected chi connectivity index (χ1v) is 17.0. The van der Waals surface area contributed by atoms with Gasteiger partial charge in [0.25, 0.3) is 5.91 Å². The molecular weight excluding hydrogens is 638 g/mol. The van der Waals surface area contributed by atoms with Crippen molar-refractivity contribution in [2.75, 3.05) is 19.7 Å². The molecule has 1 atom stereocenters. The van der Waals surface area contributed by atoms with Crippen LogP contribution in [0.25, 0.3) is 0 Å². The Balaban J connectivity index is 2.52. The highest BCUT2D eigenvalue weighted by Gasteiger charge is 2.40. The molecule has 0 spiro atoms. The first kappa shape index (κ1) is 43.0. The summed E-state index contributed by atoms with van der Waals surface area (Å²) in [7, 11) is 0. The first-order chi connectivity index (χ1) is 24.1. The van der Waals surface area contributed by atoms with Crippen molar-refractivity contribution in [3.05, 3.63) is 103 Å². The fraction of sp³-hybridized carbons (Fsp3) is 0.436. The van der Waals surface area contributed by atoms with E-state index in [1.165, 1.54) is 18.5 Å². The van der Waals surface area contributed by atoms with Gasteiger partial charge in [-0.15, -0.1) is 0 Å². The predicted molar refractivity (Wildman–Crippen MR) is 194 cm³/mol. The van der Waals surface area contributed by atoms with Gasteiger partial charge in [-0.1, -0.05) is 93.7 Å². The maximum absolute atomic E-state index is 13.2. The van der Waals surface area contributed by atoms with Gasteiger partial charge in [0.05, 0.1) is 18.4 Å². The van der Waals surface area contributed by atoms with E-state index in [4.69, 9.17) is 14.6 Å². The zero-order valence-electron chi connectivity index (χ0n) is 29.6. The lowest BCUT2D eigenvalue weighted by Crippen LogP contribution is -2.49. The number of amides is 2. The zero-order chi connectivity index (χ0) is 36.9. The normalized spacial score (nSPS) is 12.8. The van der Waals surface area contributed by atoms with Crippen molar-refractivity contribution >= 4 is 29.7 Å². The number of carbonyl (C=O) groups is 5. The highest BCUT2D eigenvalue weighted by Crippen LogP contribution is 2.26. The van der Waals surface area contributed by atoms with Gasteiger partial charge in [-0.2, -0.15) is 0 Å². The molecule has 2 amide bonds. The molecule has 0 aromatic carbocycles. The maximum Gasteiger partial charge on any atom is 0.340 e. The number of ether oxygens (including phenoxy) is 2. The quantitative estimate of drug-likeness (QED) is 0.0783. The Morgan fingerprint density at radius 3 is 1.86 bits per heavy atom. The predicted octanol–water partition coefficient (Wildman–Crippen LogP) is 6.36. The second kappa shape index (κ2) is 26.8. The Bertz CT molecular complexity index is 1360. The summed E-state index contributed by atoms with van der Waals surface area (Å²) in [6, 6.07) is 3.04. The largest absolute Gasteiger partial charge is 0.481 e. The minimum Gasteiger partial charge on any atom is -0.481 e. The molecule has 3 N–H and O–H groups in total. The van der Waals surface area contributed by atoms with Crippen LogP contribution in [0.3, 0.4) is 0 Å². The monoisotopic (exact) mass is 691 g/mol. The van der Waals surface area contributed by atoms with Gasteiger partial charge >= 0.3 is 17.9 Å². The summed E-state index contributed by atoms with van der Waals surface area (Å²) in [5, 5.41) is 13.7. The number of pyridine rings is 1. The van der Waals surface area contributed by atoms with Crippen LogP contribution < -0.4 is 10.6 Å². The number of hydrogen-bond acceptors (Lipinski definition) is 8. The number of aliphatic carboxylic acids is 1. The van der Waals surface area contributed by atoms with Gasteiger partial charge in [-0.25, -0.2) is 4.79 Å². The lowest BCUT2D eigenvalue weighted by atomic mass is 9.86. The molecule has 0 saturated heterocycles. The minimum atomic E-state index is -1.37. The van der Waals surface area contributed by atoms with Crippen molar-refractivity contribution in [1.29, 1.82) is 0 Å². The molecule has 1 aromatic heterocycles. The lowest BCUT2D eigenvalue weighted by molar-refractivity contribution is -0.152. The molecule has 1 heterocycles. The summed E-state index contributed by atoms with van der Waals surface area (Å²) in [4.78, 5) is 64.9. The van der Waals surface area contributed by atoms with Gasteiger partial charge < -0.3 is 25.2 Å². The lowest BCUT2D eigenvalue weighted by Gasteiger charge is -2.32. The summed E-state index contributed by atoms with van der Waals surface area (Å²) in [6.07, 6.45) is 31.4. The molecule has 50 heavy (non-hydrogen) atoms. The highest BCUT2D eigenvalue weighted by atomic mass is 16.6. The van der Waals surface area contributed by atoms with Gasteiger partial charge in [0.2, 0.25) is 5.91 Å². The van der Waals surface area contributed by atoms with Gasteiger partial charge in [0.1, 0.15) is 6.61 Å². The van der Waals surface area contributed by atoms with Crippen LogP contribution in [0.15, 0.2) is 97.4 Å². The third-order valence-electron chi connectivity index (χ3n) is 6.87. The summed E-state index contributed by atoms with van der Waals surface area (Å²) < 4.78 is 11.0. The van der Waals surface area contributed by atoms with Crippen LogP contribution in [-0.2, 0) is 28.7 Å². The third-order valence-corrected chi connectivity index (χ3v) is 6.87. The molecule has 0 bridgehead atoms. The molecule has 1 rings (SSSR count). The smallest absolute Gasteiger partial charge is 0.340 e. The molecule has 0 radical (unpaired) electrons. The van der Waals surface area contributed by atoms with Crippen molar-refractivity contribution in [2.24, 2.45) is 5.41 Å². The van der Waals surface area contributed by atoms with Crippen LogP contribution in [-0.4, -0.2) is 65.6 Å². The highest BCUT2D eigenvalue weighted by molar-refractivity contribution is 5.92. The van der Waals surface area contributed by atoms with Gasteiger partial charge in [-0.3, -0.25) is 24.2 Å². The van der Waals surface area contributed by atoms with E-state index < -0.39 is 41.2 Å². The van der Waals surface area contributed by atoms with E-state index in [-0.39, 0.29) is 44.5 Å². The average molecular weight is 692 g/mol. The van der Waals surface area contributed by atoms with Crippen LogP contribution >= 0.6 is 0 Å². The van der Waals surface area contributed by atoms with E-state index in [1.54, 1.807) is 26.0 Å². The fourth-order valence-electron chi connectivity index (χ4n) is 4.12. The summed E-state index contributed by atoms with van der Waals surface area (Å²) in [5.41, 5.74) is -1.01. The van der Waals surface area contributed by atoms with Crippen molar-refractivity contribution in [2.45, 2.75) is 84.7 Å². The number of carboxylic acid groups (broad SMARTS) is 1. The number of rotatable bonds is 25. The number of hydrogen-bond donors (Lipinski definition) is 3. The molecule has 0 aliphatic carbocycles. The van der Waals surface area contributed by atoms with Crippen LogP contribution in [0.5, 0.6) is 0 Å². The number of carbonyl (C=O) groups excluding carboxylic acids is 4. The van der Waals surface area contributed by atoms with Gasteiger partial charge in [0.15, 0.2) is 6.10 Å². The summed E-state index contributed by atoms with van der Waals surface area (Å²) in [6.45, 7) is 5.03. The Hall–Kier alpha value is -5.06. The molecule has 11 heteroatoms. The van der Waals surface area contributed by atoms with Gasteiger partial charge in [0, 0.05) is 37.3 Å². The molecule has 0 unspecified atom stereocenters. The van der Waals surface area contributed by atoms with Crippen molar-refractivity contribution < 1.29 is 38.6 Å². The minimum absolute atomic E-state index is 0.0319. The van der Waals surface area contributed by atoms with Crippen LogP contribution in [0.1, 0.15) is 88.9 Å². The SMILES string of the molecule is CC/C=C\C/C=C\C/C=C\C/C=C\C/C=C\C/C=C\CC(=O)OCC(C)(C)[C@@H](OC(=O)c1cccnc1)C(=O)NCCC(=O)NCCC(=O)O. The Morgan fingerprint density at radius 1 is 0.800 bits per heavy atom. The second-order valence-corrected chi connectivity index (χ2v) is 11.8. The molecule has 11 nitrogen and oxygen atoms in total. The first-order valence-electron chi connectivity index (χ1n) is 17.0. The number of aromatic nitrogens is 1. The van der Waals surface area contributed by atoms with Crippen LogP contribution in [0.2, 0.25) is 0 Å². The Kier molecular flexibility index (Phi) is 23.1. The summed E-state index contributed by atoms with van der Waals surface area (Å²) in [5.74, 6) is -3.47. The number of nitrogens with one attached hydrogen (secondary N) is 2. The molecule has 0 aliphatic rings. The fourth-order valence-corrected chi connectivity index (χ4v) is 4.12. The van der Waals surface area contributed by atoms with E-state index in [2.05, 4.69) is 77.2 Å². The standard InChI is InChI=1S/C39H53N3O8/c1-4-5-6-7-8-9-10-11-12-13-14-15-16-17-18-19-20-21-24-35(46)49-31-39(2,3)36(50-38(48)32-23-22-27-40-30-32)37(47)42-28-25-33(43)41-29-26-34(44)45/h5-6,8-9,11-12,14-15,17-18,20-23,27,30,36H,4,7,10,13,16,19,24-26,28-29,31H2,1-3H3,(H,41,43)(H,42,47)(H,44,45)/b6-5-,9-8-,12-11-,15-14-,18-17-,21-20-/t36-/m0/s1. The van der Waals surface area contributed by atoms with E-state index in [1.807, 2.05) is 12.2 Å². The van der Waals surface area contributed by atoms with E-state index in [9.17, 15) is 24.0 Å². The van der Waals surface area contributed by atoms with E-state index >= 15 is 0 Å². The number of esters is 2. The molecule has 0 aliphatic heterocycles. The topological polar surface area (TPSA) is 161 Å². The Labute approximate surface area is 296 Å². The Morgan fingerprint density at radius 2 is 1.34 bits per heavy atom. The molecule has 0 fully saturated rings. The van der Waals surface area contributed by atoms with Crippen molar-refractivity contribution in [3.8, 4) is 0 Å². The van der Waals surface area contributed by atoms with E-state index in [0.29, 0.717) is 6.42 Å². The molecule has 272 valence electrons.